The van der Waals surface area contributed by atoms with E-state index in [1.807, 2.05) is 21.0 Å². The Hall–Kier alpha value is -1.39. The molecule has 0 bridgehead atoms. The van der Waals surface area contributed by atoms with E-state index in [0.717, 1.165) is 25.7 Å². The Morgan fingerprint density at radius 2 is 2.00 bits per heavy atom. The number of hydrogen-bond donors (Lipinski definition) is 2. The first-order valence-corrected chi connectivity index (χ1v) is 8.61. The van der Waals surface area contributed by atoms with Crippen LogP contribution in [0.1, 0.15) is 49.8 Å². The lowest BCUT2D eigenvalue weighted by Gasteiger charge is -2.37. The molecule has 128 valence electrons. The van der Waals surface area contributed by atoms with Gasteiger partial charge >= 0.3 is 0 Å². The van der Waals surface area contributed by atoms with Gasteiger partial charge in [0.1, 0.15) is 0 Å². The molecule has 0 saturated heterocycles. The van der Waals surface area contributed by atoms with E-state index in [0.29, 0.717) is 6.54 Å². The van der Waals surface area contributed by atoms with E-state index in [2.05, 4.69) is 41.4 Å². The van der Waals surface area contributed by atoms with Gasteiger partial charge < -0.3 is 16.0 Å². The fourth-order valence-corrected chi connectivity index (χ4v) is 3.50. The van der Waals surface area contributed by atoms with Gasteiger partial charge in [-0.1, -0.05) is 42.7 Å². The summed E-state index contributed by atoms with van der Waals surface area (Å²) in [6.45, 7) is 4.71. The van der Waals surface area contributed by atoms with Crippen LogP contribution >= 0.6 is 0 Å². The van der Waals surface area contributed by atoms with Crippen LogP contribution in [0.3, 0.4) is 0 Å². The van der Waals surface area contributed by atoms with Gasteiger partial charge in [0.25, 0.3) is 0 Å². The predicted molar refractivity (Wildman–Crippen MR) is 95.2 cm³/mol. The van der Waals surface area contributed by atoms with Crippen molar-refractivity contribution in [2.45, 2.75) is 51.1 Å². The van der Waals surface area contributed by atoms with Crippen LogP contribution in [-0.4, -0.2) is 37.0 Å². The molecule has 0 heterocycles. The van der Waals surface area contributed by atoms with Crippen molar-refractivity contribution in [3.63, 3.8) is 0 Å². The van der Waals surface area contributed by atoms with Crippen LogP contribution in [0.2, 0.25) is 0 Å². The smallest absolute Gasteiger partial charge is 0.225 e. The molecule has 0 radical (unpaired) electrons. The summed E-state index contributed by atoms with van der Waals surface area (Å²) in [5.41, 5.74) is 8.44. The standard InChI is InChI=1S/C19H31N3O/c1-14-8-10-15(11-9-14)17(22(3)4)13-21-18(23)16-7-5-6-12-19(16,2)20/h8-11,16-17H,5-7,12-13,20H2,1-4H3,(H,21,23). The van der Waals surface area contributed by atoms with E-state index in [1.165, 1.54) is 11.1 Å². The fraction of sp³-hybridized carbons (Fsp3) is 0.632. The average molecular weight is 317 g/mol. The van der Waals surface area contributed by atoms with Crippen LogP contribution in [-0.2, 0) is 4.79 Å². The van der Waals surface area contributed by atoms with Crippen molar-refractivity contribution in [2.24, 2.45) is 11.7 Å². The molecule has 23 heavy (non-hydrogen) atoms. The maximum absolute atomic E-state index is 12.6. The van der Waals surface area contributed by atoms with Crippen LogP contribution in [0.5, 0.6) is 0 Å². The van der Waals surface area contributed by atoms with Crippen molar-refractivity contribution >= 4 is 5.91 Å². The van der Waals surface area contributed by atoms with E-state index in [4.69, 9.17) is 5.73 Å². The maximum atomic E-state index is 12.6. The highest BCUT2D eigenvalue weighted by Gasteiger charge is 2.37. The average Bonchev–Trinajstić information content (AvgIpc) is 2.48. The highest BCUT2D eigenvalue weighted by atomic mass is 16.1. The third-order valence-corrected chi connectivity index (χ3v) is 5.13. The van der Waals surface area contributed by atoms with Gasteiger partial charge in [-0.3, -0.25) is 4.79 Å². The van der Waals surface area contributed by atoms with Crippen molar-refractivity contribution < 1.29 is 4.79 Å². The molecule has 1 amide bonds. The summed E-state index contributed by atoms with van der Waals surface area (Å²) in [5.74, 6) is 0.0331. The Morgan fingerprint density at radius 3 is 2.57 bits per heavy atom. The number of amides is 1. The van der Waals surface area contributed by atoms with Gasteiger partial charge in [0.15, 0.2) is 0 Å². The predicted octanol–water partition coefficient (Wildman–Crippen LogP) is 2.62. The highest BCUT2D eigenvalue weighted by Crippen LogP contribution is 2.31. The van der Waals surface area contributed by atoms with Crippen LogP contribution in [0.25, 0.3) is 0 Å². The number of nitrogens with two attached hydrogens (primary N) is 1. The minimum Gasteiger partial charge on any atom is -0.354 e. The summed E-state index contributed by atoms with van der Waals surface area (Å²) >= 11 is 0. The summed E-state index contributed by atoms with van der Waals surface area (Å²) < 4.78 is 0. The van der Waals surface area contributed by atoms with Crippen LogP contribution < -0.4 is 11.1 Å². The van der Waals surface area contributed by atoms with Crippen LogP contribution in [0.15, 0.2) is 24.3 Å². The largest absolute Gasteiger partial charge is 0.354 e. The van der Waals surface area contributed by atoms with Crippen LogP contribution in [0.4, 0.5) is 0 Å². The molecule has 0 aromatic heterocycles. The molecule has 1 aromatic rings. The SMILES string of the molecule is Cc1ccc(C(CNC(=O)C2CCCCC2(C)N)N(C)C)cc1. The molecule has 4 nitrogen and oxygen atoms in total. The minimum absolute atomic E-state index is 0.0721. The molecule has 3 unspecified atom stereocenters. The zero-order valence-electron chi connectivity index (χ0n) is 14.9. The number of hydrogen-bond acceptors (Lipinski definition) is 3. The van der Waals surface area contributed by atoms with Gasteiger partial charge in [-0.2, -0.15) is 0 Å². The number of benzene rings is 1. The Balaban J connectivity index is 2.01. The normalized spacial score (nSPS) is 26.1. The van der Waals surface area contributed by atoms with Gasteiger partial charge in [-0.15, -0.1) is 0 Å². The van der Waals surface area contributed by atoms with Crippen molar-refractivity contribution in [3.05, 3.63) is 35.4 Å². The second-order valence-corrected chi connectivity index (χ2v) is 7.44. The Bertz CT molecular complexity index is 522. The molecule has 0 spiro atoms. The number of likely N-dealkylation sites (N-methyl/N-ethyl adjacent to an activating group) is 1. The van der Waals surface area contributed by atoms with E-state index < -0.39 is 0 Å². The van der Waals surface area contributed by atoms with Crippen molar-refractivity contribution in [1.29, 1.82) is 0 Å². The Labute approximate surface area is 140 Å². The molecule has 2 rings (SSSR count). The summed E-state index contributed by atoms with van der Waals surface area (Å²) in [7, 11) is 4.09. The molecule has 1 aliphatic rings. The highest BCUT2D eigenvalue weighted by molar-refractivity contribution is 5.80. The first-order valence-electron chi connectivity index (χ1n) is 8.61. The topological polar surface area (TPSA) is 58.4 Å². The molecule has 1 fully saturated rings. The second kappa shape index (κ2) is 7.45. The fourth-order valence-electron chi connectivity index (χ4n) is 3.50. The first kappa shape index (κ1) is 18.0. The lowest BCUT2D eigenvalue weighted by molar-refractivity contribution is -0.128. The van der Waals surface area contributed by atoms with Gasteiger partial charge in [0, 0.05) is 12.1 Å². The third kappa shape index (κ3) is 4.55. The zero-order valence-corrected chi connectivity index (χ0v) is 14.9. The molecular formula is C19H31N3O. The Morgan fingerprint density at radius 1 is 1.35 bits per heavy atom. The van der Waals surface area contributed by atoms with E-state index in [-0.39, 0.29) is 23.4 Å². The quantitative estimate of drug-likeness (QED) is 0.877. The monoisotopic (exact) mass is 317 g/mol. The minimum atomic E-state index is -0.375. The molecular weight excluding hydrogens is 286 g/mol. The summed E-state index contributed by atoms with van der Waals surface area (Å²) in [6, 6.07) is 8.68. The Kier molecular flexibility index (Phi) is 5.82. The maximum Gasteiger partial charge on any atom is 0.225 e. The summed E-state index contributed by atoms with van der Waals surface area (Å²) in [5, 5.41) is 3.14. The number of aryl methyl sites for hydroxylation is 1. The van der Waals surface area contributed by atoms with Gasteiger partial charge in [-0.05, 0) is 46.3 Å². The van der Waals surface area contributed by atoms with Gasteiger partial charge in [-0.25, -0.2) is 0 Å². The lowest BCUT2D eigenvalue weighted by Crippen LogP contribution is -2.53. The van der Waals surface area contributed by atoms with E-state index >= 15 is 0 Å². The zero-order chi connectivity index (χ0) is 17.0. The third-order valence-electron chi connectivity index (χ3n) is 5.13. The molecule has 1 aliphatic carbocycles. The number of nitrogens with one attached hydrogen (secondary N) is 1. The van der Waals surface area contributed by atoms with E-state index in [9.17, 15) is 4.79 Å². The lowest BCUT2D eigenvalue weighted by atomic mass is 9.74. The number of carbonyl (C=O) groups is 1. The van der Waals surface area contributed by atoms with Crippen molar-refractivity contribution in [1.82, 2.24) is 10.2 Å². The van der Waals surface area contributed by atoms with Crippen LogP contribution in [0, 0.1) is 12.8 Å². The molecule has 3 atom stereocenters. The van der Waals surface area contributed by atoms with Crippen molar-refractivity contribution in [2.75, 3.05) is 20.6 Å². The molecule has 3 N–H and O–H groups in total. The second-order valence-electron chi connectivity index (χ2n) is 7.44. The molecule has 0 aliphatic heterocycles. The summed E-state index contributed by atoms with van der Waals surface area (Å²) in [6.07, 6.45) is 4.05. The molecule has 4 heteroatoms. The number of nitrogens with zero attached hydrogens (tertiary/aromatic N) is 1. The number of rotatable bonds is 5. The molecule has 1 aromatic carbocycles. The van der Waals surface area contributed by atoms with Gasteiger partial charge in [0.05, 0.1) is 12.0 Å². The van der Waals surface area contributed by atoms with Gasteiger partial charge in [0.2, 0.25) is 5.91 Å². The van der Waals surface area contributed by atoms with Crippen molar-refractivity contribution in [3.8, 4) is 0 Å². The number of carbonyl (C=O) groups excluding carboxylic acids is 1. The molecule has 1 saturated carbocycles. The summed E-state index contributed by atoms with van der Waals surface area (Å²) in [4.78, 5) is 14.8. The van der Waals surface area contributed by atoms with E-state index in [1.54, 1.807) is 0 Å². The first-order chi connectivity index (χ1) is 10.8.